The van der Waals surface area contributed by atoms with Crippen molar-refractivity contribution in [3.63, 3.8) is 0 Å². The largest absolute Gasteiger partial charge is 0.468 e. The molecule has 0 N–H and O–H groups in total. The van der Waals surface area contributed by atoms with E-state index in [9.17, 15) is 4.79 Å². The summed E-state index contributed by atoms with van der Waals surface area (Å²) in [7, 11) is 0. The SMILES string of the molecule is O=COCC1CC/C=C\CCC1. The Balaban J connectivity index is 2.22. The quantitative estimate of drug-likeness (QED) is 0.477. The Morgan fingerprint density at radius 3 is 3.00 bits per heavy atom. The zero-order chi connectivity index (χ0) is 8.65. The van der Waals surface area contributed by atoms with Gasteiger partial charge in [0.2, 0.25) is 0 Å². The van der Waals surface area contributed by atoms with E-state index < -0.39 is 0 Å². The molecular formula is C10H16O2. The van der Waals surface area contributed by atoms with E-state index in [0.717, 1.165) is 12.8 Å². The summed E-state index contributed by atoms with van der Waals surface area (Å²) in [5, 5.41) is 0. The van der Waals surface area contributed by atoms with Gasteiger partial charge in [-0.3, -0.25) is 4.79 Å². The summed E-state index contributed by atoms with van der Waals surface area (Å²) in [4.78, 5) is 9.97. The molecule has 0 saturated carbocycles. The number of allylic oxidation sites excluding steroid dienone is 2. The van der Waals surface area contributed by atoms with Gasteiger partial charge in [-0.1, -0.05) is 12.2 Å². The second-order valence-electron chi connectivity index (χ2n) is 3.28. The van der Waals surface area contributed by atoms with Gasteiger partial charge in [-0.15, -0.1) is 0 Å². The third-order valence-corrected chi connectivity index (χ3v) is 2.29. The van der Waals surface area contributed by atoms with Crippen LogP contribution in [0.1, 0.15) is 32.1 Å². The van der Waals surface area contributed by atoms with Crippen molar-refractivity contribution in [2.75, 3.05) is 6.61 Å². The lowest BCUT2D eigenvalue weighted by Crippen LogP contribution is -2.09. The Hall–Kier alpha value is -0.790. The summed E-state index contributed by atoms with van der Waals surface area (Å²) in [5.41, 5.74) is 0. The van der Waals surface area contributed by atoms with Gasteiger partial charge in [-0.25, -0.2) is 0 Å². The Morgan fingerprint density at radius 2 is 2.17 bits per heavy atom. The molecule has 1 unspecified atom stereocenters. The Morgan fingerprint density at radius 1 is 1.33 bits per heavy atom. The normalized spacial score (nSPS) is 26.8. The minimum Gasteiger partial charge on any atom is -0.468 e. The highest BCUT2D eigenvalue weighted by atomic mass is 16.5. The third-order valence-electron chi connectivity index (χ3n) is 2.29. The molecule has 0 aliphatic heterocycles. The van der Waals surface area contributed by atoms with E-state index in [0.29, 0.717) is 19.0 Å². The number of hydrogen-bond acceptors (Lipinski definition) is 2. The van der Waals surface area contributed by atoms with Crippen LogP contribution < -0.4 is 0 Å². The first-order chi connectivity index (χ1) is 5.93. The van der Waals surface area contributed by atoms with Crippen LogP contribution in [0.5, 0.6) is 0 Å². The predicted octanol–water partition coefficient (Wildman–Crippen LogP) is 2.30. The number of hydrogen-bond donors (Lipinski definition) is 0. The van der Waals surface area contributed by atoms with Crippen LogP contribution in [0.4, 0.5) is 0 Å². The highest BCUT2D eigenvalue weighted by Gasteiger charge is 2.09. The molecule has 0 aromatic heterocycles. The second kappa shape index (κ2) is 5.81. The van der Waals surface area contributed by atoms with Crippen LogP contribution in [0.2, 0.25) is 0 Å². The fourth-order valence-electron chi connectivity index (χ4n) is 1.58. The molecule has 2 nitrogen and oxygen atoms in total. The average molecular weight is 168 g/mol. The monoisotopic (exact) mass is 168 g/mol. The van der Waals surface area contributed by atoms with E-state index >= 15 is 0 Å². The molecule has 0 aromatic carbocycles. The molecule has 0 saturated heterocycles. The lowest BCUT2D eigenvalue weighted by molar-refractivity contribution is -0.130. The van der Waals surface area contributed by atoms with Crippen LogP contribution in [0.15, 0.2) is 12.2 Å². The average Bonchev–Trinajstić information content (AvgIpc) is 2.02. The third kappa shape index (κ3) is 3.56. The summed E-state index contributed by atoms with van der Waals surface area (Å²) in [6.07, 6.45) is 10.4. The van der Waals surface area contributed by atoms with Crippen molar-refractivity contribution in [3.05, 3.63) is 12.2 Å². The lowest BCUT2D eigenvalue weighted by Gasteiger charge is -2.15. The van der Waals surface area contributed by atoms with E-state index in [2.05, 4.69) is 12.2 Å². The molecule has 1 atom stereocenters. The number of ether oxygens (including phenoxy) is 1. The van der Waals surface area contributed by atoms with Gasteiger partial charge in [0.25, 0.3) is 6.47 Å². The van der Waals surface area contributed by atoms with Gasteiger partial charge in [0, 0.05) is 0 Å². The first-order valence-corrected chi connectivity index (χ1v) is 4.63. The van der Waals surface area contributed by atoms with Gasteiger partial charge in [-0.05, 0) is 38.0 Å². The van der Waals surface area contributed by atoms with Crippen molar-refractivity contribution < 1.29 is 9.53 Å². The molecule has 0 aromatic rings. The summed E-state index contributed by atoms with van der Waals surface area (Å²) in [6.45, 7) is 1.16. The molecule has 68 valence electrons. The predicted molar refractivity (Wildman–Crippen MR) is 47.7 cm³/mol. The summed E-state index contributed by atoms with van der Waals surface area (Å²) >= 11 is 0. The molecule has 12 heavy (non-hydrogen) atoms. The van der Waals surface area contributed by atoms with Crippen LogP contribution in [0.25, 0.3) is 0 Å². The molecule has 1 aliphatic carbocycles. The van der Waals surface area contributed by atoms with E-state index in [1.165, 1.54) is 19.3 Å². The van der Waals surface area contributed by atoms with Gasteiger partial charge >= 0.3 is 0 Å². The second-order valence-corrected chi connectivity index (χ2v) is 3.28. The minimum absolute atomic E-state index is 0.550. The van der Waals surface area contributed by atoms with Gasteiger partial charge < -0.3 is 4.74 Å². The van der Waals surface area contributed by atoms with Gasteiger partial charge in [-0.2, -0.15) is 0 Å². The van der Waals surface area contributed by atoms with Crippen molar-refractivity contribution in [2.45, 2.75) is 32.1 Å². The van der Waals surface area contributed by atoms with Gasteiger partial charge in [0.15, 0.2) is 0 Å². The molecule has 0 radical (unpaired) electrons. The Labute approximate surface area is 73.6 Å². The summed E-state index contributed by atoms with van der Waals surface area (Å²) < 4.78 is 4.76. The fraction of sp³-hybridized carbons (Fsp3) is 0.700. The van der Waals surface area contributed by atoms with E-state index in [4.69, 9.17) is 4.74 Å². The number of rotatable bonds is 3. The smallest absolute Gasteiger partial charge is 0.293 e. The molecular weight excluding hydrogens is 152 g/mol. The Kier molecular flexibility index (Phi) is 4.50. The molecule has 0 bridgehead atoms. The maximum Gasteiger partial charge on any atom is 0.293 e. The molecule has 0 heterocycles. The minimum atomic E-state index is 0.550. The first kappa shape index (κ1) is 9.30. The number of carbonyl (C=O) groups is 1. The number of carbonyl (C=O) groups excluding carboxylic acids is 1. The topological polar surface area (TPSA) is 26.3 Å². The molecule has 1 rings (SSSR count). The maximum absolute atomic E-state index is 9.97. The maximum atomic E-state index is 9.97. The molecule has 1 aliphatic rings. The van der Waals surface area contributed by atoms with Crippen LogP contribution in [-0.2, 0) is 9.53 Å². The van der Waals surface area contributed by atoms with Crippen LogP contribution >= 0.6 is 0 Å². The molecule has 0 fully saturated rings. The van der Waals surface area contributed by atoms with Crippen LogP contribution in [0, 0.1) is 5.92 Å². The standard InChI is InChI=1S/C10H16O2/c11-9-12-8-10-6-4-2-1-3-5-7-10/h1-2,9-10H,3-8H2/b2-1-. The highest BCUT2D eigenvalue weighted by molar-refractivity contribution is 5.36. The highest BCUT2D eigenvalue weighted by Crippen LogP contribution is 2.18. The van der Waals surface area contributed by atoms with E-state index in [1.807, 2.05) is 0 Å². The van der Waals surface area contributed by atoms with Crippen molar-refractivity contribution in [3.8, 4) is 0 Å². The van der Waals surface area contributed by atoms with Gasteiger partial charge in [0.05, 0.1) is 6.61 Å². The first-order valence-electron chi connectivity index (χ1n) is 4.63. The zero-order valence-electron chi connectivity index (χ0n) is 7.37. The van der Waals surface area contributed by atoms with Crippen molar-refractivity contribution in [1.29, 1.82) is 0 Å². The van der Waals surface area contributed by atoms with Crippen molar-refractivity contribution in [2.24, 2.45) is 5.92 Å². The van der Waals surface area contributed by atoms with E-state index in [-0.39, 0.29) is 0 Å². The van der Waals surface area contributed by atoms with Crippen molar-refractivity contribution >= 4 is 6.47 Å². The summed E-state index contributed by atoms with van der Waals surface area (Å²) in [5.74, 6) is 0.583. The Bertz CT molecular complexity index is 152. The summed E-state index contributed by atoms with van der Waals surface area (Å²) in [6, 6.07) is 0. The fourth-order valence-corrected chi connectivity index (χ4v) is 1.58. The van der Waals surface area contributed by atoms with Gasteiger partial charge in [0.1, 0.15) is 0 Å². The molecule has 2 heteroatoms. The molecule has 0 spiro atoms. The van der Waals surface area contributed by atoms with Crippen LogP contribution in [0.3, 0.4) is 0 Å². The molecule has 0 amide bonds. The zero-order valence-corrected chi connectivity index (χ0v) is 7.37. The van der Waals surface area contributed by atoms with Crippen LogP contribution in [-0.4, -0.2) is 13.1 Å². The van der Waals surface area contributed by atoms with Crippen molar-refractivity contribution in [1.82, 2.24) is 0 Å². The van der Waals surface area contributed by atoms with E-state index in [1.54, 1.807) is 0 Å². The lowest BCUT2D eigenvalue weighted by atomic mass is 9.95.